The molecule has 0 N–H and O–H groups in total. The molecule has 114 valence electrons. The molecule has 21 heavy (non-hydrogen) atoms. The predicted octanol–water partition coefficient (Wildman–Crippen LogP) is 5.18. The molecule has 0 spiro atoms. The third-order valence-electron chi connectivity index (χ3n) is 5.11. The number of hydrogen-bond donors (Lipinski definition) is 0. The minimum absolute atomic E-state index is 0.694. The van der Waals surface area contributed by atoms with Gasteiger partial charge < -0.3 is 0 Å². The Balaban J connectivity index is 1.69. The number of rotatable bonds is 5. The van der Waals surface area contributed by atoms with E-state index in [0.29, 0.717) is 6.04 Å². The molecule has 0 amide bonds. The molecule has 1 aromatic carbocycles. The van der Waals surface area contributed by atoms with Crippen molar-refractivity contribution in [2.24, 2.45) is 5.92 Å². The lowest BCUT2D eigenvalue weighted by Gasteiger charge is -2.45. The van der Waals surface area contributed by atoms with Gasteiger partial charge in [0.25, 0.3) is 0 Å². The zero-order valence-electron chi connectivity index (χ0n) is 13.6. The first kappa shape index (κ1) is 14.8. The highest BCUT2D eigenvalue weighted by Gasteiger charge is 2.33. The molecule has 0 radical (unpaired) electrons. The van der Waals surface area contributed by atoms with Crippen molar-refractivity contribution in [2.75, 3.05) is 0 Å². The predicted molar refractivity (Wildman–Crippen MR) is 90.2 cm³/mol. The van der Waals surface area contributed by atoms with Gasteiger partial charge in [-0.25, -0.2) is 0 Å². The van der Waals surface area contributed by atoms with Gasteiger partial charge in [0, 0.05) is 18.6 Å². The van der Waals surface area contributed by atoms with Crippen LogP contribution in [-0.4, -0.2) is 17.0 Å². The second-order valence-electron chi connectivity index (χ2n) is 7.27. The van der Waals surface area contributed by atoms with Gasteiger partial charge in [0.2, 0.25) is 0 Å². The molecule has 2 aliphatic heterocycles. The van der Waals surface area contributed by atoms with Gasteiger partial charge in [0.05, 0.1) is 0 Å². The SMILES string of the molecule is CC(C)CCC1=CC2CCCC(C1)N2Cc1ccccc1. The van der Waals surface area contributed by atoms with Crippen LogP contribution < -0.4 is 0 Å². The van der Waals surface area contributed by atoms with E-state index < -0.39 is 0 Å². The number of nitrogens with zero attached hydrogens (tertiary/aromatic N) is 1. The van der Waals surface area contributed by atoms with Gasteiger partial charge in [0.15, 0.2) is 0 Å². The summed E-state index contributed by atoms with van der Waals surface area (Å²) in [4.78, 5) is 2.76. The van der Waals surface area contributed by atoms with Crippen LogP contribution in [0.15, 0.2) is 42.0 Å². The van der Waals surface area contributed by atoms with Gasteiger partial charge >= 0.3 is 0 Å². The van der Waals surface area contributed by atoms with Gasteiger partial charge in [0.1, 0.15) is 0 Å². The molecule has 1 nitrogen and oxygen atoms in total. The first-order chi connectivity index (χ1) is 10.2. The van der Waals surface area contributed by atoms with Gasteiger partial charge in [-0.1, -0.05) is 62.2 Å². The summed E-state index contributed by atoms with van der Waals surface area (Å²) in [6, 6.07) is 12.5. The van der Waals surface area contributed by atoms with E-state index in [9.17, 15) is 0 Å². The Hall–Kier alpha value is -1.08. The van der Waals surface area contributed by atoms with Crippen LogP contribution in [0.4, 0.5) is 0 Å². The Morgan fingerprint density at radius 2 is 1.95 bits per heavy atom. The van der Waals surface area contributed by atoms with Crippen LogP contribution in [0.1, 0.15) is 57.9 Å². The summed E-state index contributed by atoms with van der Waals surface area (Å²) in [7, 11) is 0. The van der Waals surface area contributed by atoms with E-state index in [1.807, 2.05) is 0 Å². The van der Waals surface area contributed by atoms with E-state index in [0.717, 1.165) is 18.5 Å². The van der Waals surface area contributed by atoms with E-state index in [1.54, 1.807) is 5.57 Å². The molecule has 2 aliphatic rings. The van der Waals surface area contributed by atoms with E-state index >= 15 is 0 Å². The van der Waals surface area contributed by atoms with E-state index in [4.69, 9.17) is 0 Å². The fourth-order valence-corrected chi connectivity index (χ4v) is 3.91. The maximum absolute atomic E-state index is 2.76. The number of benzene rings is 1. The minimum atomic E-state index is 0.694. The Bertz CT molecular complexity index is 474. The third kappa shape index (κ3) is 3.77. The monoisotopic (exact) mass is 283 g/mol. The molecule has 2 unspecified atom stereocenters. The fraction of sp³-hybridized carbons (Fsp3) is 0.600. The summed E-state index contributed by atoms with van der Waals surface area (Å²) in [5.41, 5.74) is 3.20. The lowest BCUT2D eigenvalue weighted by atomic mass is 9.83. The second kappa shape index (κ2) is 6.79. The van der Waals surface area contributed by atoms with Crippen molar-refractivity contribution in [3.8, 4) is 0 Å². The third-order valence-corrected chi connectivity index (χ3v) is 5.11. The zero-order chi connectivity index (χ0) is 14.7. The van der Waals surface area contributed by atoms with Crippen molar-refractivity contribution >= 4 is 0 Å². The molecule has 2 atom stereocenters. The summed E-state index contributed by atoms with van der Waals surface area (Å²) in [5.74, 6) is 0.827. The van der Waals surface area contributed by atoms with Crippen LogP contribution >= 0.6 is 0 Å². The number of hydrogen-bond acceptors (Lipinski definition) is 1. The van der Waals surface area contributed by atoms with Crippen molar-refractivity contribution < 1.29 is 0 Å². The highest BCUT2D eigenvalue weighted by Crippen LogP contribution is 2.36. The topological polar surface area (TPSA) is 3.24 Å². The Kier molecular flexibility index (Phi) is 4.80. The van der Waals surface area contributed by atoms with Crippen molar-refractivity contribution in [1.29, 1.82) is 0 Å². The van der Waals surface area contributed by atoms with E-state index in [2.05, 4.69) is 55.2 Å². The van der Waals surface area contributed by atoms with Crippen LogP contribution in [0, 0.1) is 5.92 Å². The minimum Gasteiger partial charge on any atom is -0.289 e. The standard InChI is InChI=1S/C20H29N/c1-16(2)11-12-18-13-19-9-6-10-20(14-18)21(19)15-17-7-4-3-5-8-17/h3-5,7-8,13,16,19-20H,6,9-12,14-15H2,1-2H3. The Labute approximate surface area is 130 Å². The zero-order valence-corrected chi connectivity index (χ0v) is 13.6. The van der Waals surface area contributed by atoms with Gasteiger partial charge in [-0.15, -0.1) is 0 Å². The van der Waals surface area contributed by atoms with Crippen molar-refractivity contribution in [3.05, 3.63) is 47.5 Å². The lowest BCUT2D eigenvalue weighted by molar-refractivity contribution is 0.0874. The maximum atomic E-state index is 2.76. The van der Waals surface area contributed by atoms with Crippen LogP contribution in [-0.2, 0) is 6.54 Å². The number of piperidine rings is 1. The van der Waals surface area contributed by atoms with Gasteiger partial charge in [-0.2, -0.15) is 0 Å². The molecule has 3 rings (SSSR count). The average molecular weight is 283 g/mol. The van der Waals surface area contributed by atoms with Crippen molar-refractivity contribution in [3.63, 3.8) is 0 Å². The number of fused-ring (bicyclic) bond motifs is 2. The molecule has 0 saturated carbocycles. The molecule has 2 heterocycles. The molecular weight excluding hydrogens is 254 g/mol. The van der Waals surface area contributed by atoms with E-state index in [-0.39, 0.29) is 0 Å². The molecule has 1 aromatic rings. The molecule has 1 heteroatoms. The van der Waals surface area contributed by atoms with Crippen LogP contribution in [0.2, 0.25) is 0 Å². The van der Waals surface area contributed by atoms with E-state index in [1.165, 1.54) is 44.1 Å². The summed E-state index contributed by atoms with van der Waals surface area (Å²) in [5, 5.41) is 0. The van der Waals surface area contributed by atoms with Crippen molar-refractivity contribution in [2.45, 2.75) is 71.0 Å². The van der Waals surface area contributed by atoms with Gasteiger partial charge in [-0.3, -0.25) is 4.90 Å². The Morgan fingerprint density at radius 3 is 2.67 bits per heavy atom. The second-order valence-corrected chi connectivity index (χ2v) is 7.27. The molecule has 2 bridgehead atoms. The van der Waals surface area contributed by atoms with Crippen LogP contribution in [0.3, 0.4) is 0 Å². The van der Waals surface area contributed by atoms with Crippen molar-refractivity contribution in [1.82, 2.24) is 4.90 Å². The summed E-state index contributed by atoms with van der Waals surface area (Å²) in [6.07, 6.45) is 10.8. The van der Waals surface area contributed by atoms with Crippen LogP contribution in [0.5, 0.6) is 0 Å². The normalized spacial score (nSPS) is 26.0. The highest BCUT2D eigenvalue weighted by molar-refractivity contribution is 5.20. The molecule has 1 fully saturated rings. The quantitative estimate of drug-likeness (QED) is 0.673. The first-order valence-electron chi connectivity index (χ1n) is 8.71. The molecular formula is C20H29N. The average Bonchev–Trinajstić information content (AvgIpc) is 2.46. The van der Waals surface area contributed by atoms with Gasteiger partial charge in [-0.05, 0) is 43.6 Å². The van der Waals surface area contributed by atoms with Crippen LogP contribution in [0.25, 0.3) is 0 Å². The Morgan fingerprint density at radius 1 is 1.14 bits per heavy atom. The molecule has 0 aromatic heterocycles. The fourth-order valence-electron chi connectivity index (χ4n) is 3.91. The lowest BCUT2D eigenvalue weighted by Crippen LogP contribution is -2.48. The summed E-state index contributed by atoms with van der Waals surface area (Å²) in [6.45, 7) is 5.81. The first-order valence-corrected chi connectivity index (χ1v) is 8.71. The summed E-state index contributed by atoms with van der Waals surface area (Å²) < 4.78 is 0. The molecule has 1 saturated heterocycles. The largest absolute Gasteiger partial charge is 0.289 e. The summed E-state index contributed by atoms with van der Waals surface area (Å²) >= 11 is 0. The maximum Gasteiger partial charge on any atom is 0.0287 e. The molecule has 0 aliphatic carbocycles. The smallest absolute Gasteiger partial charge is 0.0287 e. The highest BCUT2D eigenvalue weighted by atomic mass is 15.2.